The summed E-state index contributed by atoms with van der Waals surface area (Å²) in [4.78, 5) is 15.5. The highest BCUT2D eigenvalue weighted by molar-refractivity contribution is 9.10. The van der Waals surface area contributed by atoms with E-state index in [1.807, 2.05) is 24.4 Å². The molecular formula is C16H18BrNO. The summed E-state index contributed by atoms with van der Waals surface area (Å²) in [6.07, 6.45) is 8.92. The molecule has 1 aliphatic rings. The first-order valence-electron chi connectivity index (χ1n) is 7.04. The molecule has 2 aromatic rings. The Morgan fingerprint density at radius 3 is 2.89 bits per heavy atom. The normalized spacial score (nSPS) is 16.3. The number of ketones is 1. The number of aromatic amines is 1. The van der Waals surface area contributed by atoms with Gasteiger partial charge in [-0.3, -0.25) is 4.79 Å². The van der Waals surface area contributed by atoms with Crippen molar-refractivity contribution in [1.29, 1.82) is 0 Å². The first kappa shape index (κ1) is 12.9. The molecule has 0 aliphatic heterocycles. The maximum absolute atomic E-state index is 12.3. The molecule has 0 unspecified atom stereocenters. The minimum Gasteiger partial charge on any atom is -0.360 e. The summed E-state index contributed by atoms with van der Waals surface area (Å²) in [5.74, 6) is 1.06. The van der Waals surface area contributed by atoms with Gasteiger partial charge in [0.1, 0.15) is 0 Å². The van der Waals surface area contributed by atoms with E-state index in [0.717, 1.165) is 33.3 Å². The Morgan fingerprint density at radius 2 is 2.11 bits per heavy atom. The fourth-order valence-electron chi connectivity index (χ4n) is 3.10. The largest absolute Gasteiger partial charge is 0.360 e. The molecule has 100 valence electrons. The second kappa shape index (κ2) is 5.49. The molecule has 1 heterocycles. The van der Waals surface area contributed by atoms with Crippen molar-refractivity contribution in [3.8, 4) is 0 Å². The van der Waals surface area contributed by atoms with Gasteiger partial charge in [0.15, 0.2) is 5.78 Å². The molecule has 0 amide bonds. The molecule has 2 nitrogen and oxygen atoms in total. The minimum absolute atomic E-state index is 0.278. The Morgan fingerprint density at radius 1 is 1.32 bits per heavy atom. The molecule has 1 fully saturated rings. The van der Waals surface area contributed by atoms with Crippen molar-refractivity contribution in [2.75, 3.05) is 0 Å². The standard InChI is InChI=1S/C16H18BrNO/c17-12-6-7-13-14(10-18-15(13)9-12)16(19)8-5-11-3-1-2-4-11/h6-7,9-11,18H,1-5,8H2. The lowest BCUT2D eigenvalue weighted by atomic mass is 9.97. The van der Waals surface area contributed by atoms with E-state index in [1.165, 1.54) is 25.7 Å². The monoisotopic (exact) mass is 319 g/mol. The molecule has 1 N–H and O–H groups in total. The van der Waals surface area contributed by atoms with E-state index in [1.54, 1.807) is 0 Å². The van der Waals surface area contributed by atoms with Gasteiger partial charge in [-0.15, -0.1) is 0 Å². The van der Waals surface area contributed by atoms with Crippen LogP contribution in [0.4, 0.5) is 0 Å². The summed E-state index contributed by atoms with van der Waals surface area (Å²) in [6, 6.07) is 6.02. The first-order valence-corrected chi connectivity index (χ1v) is 7.83. The van der Waals surface area contributed by atoms with Gasteiger partial charge in [0.25, 0.3) is 0 Å². The van der Waals surface area contributed by atoms with Crippen LogP contribution in [0.25, 0.3) is 10.9 Å². The molecule has 1 aliphatic carbocycles. The lowest BCUT2D eigenvalue weighted by Crippen LogP contribution is -2.02. The number of aromatic nitrogens is 1. The summed E-state index contributed by atoms with van der Waals surface area (Å²) in [5.41, 5.74) is 1.87. The van der Waals surface area contributed by atoms with Gasteiger partial charge in [-0.2, -0.15) is 0 Å². The quantitative estimate of drug-likeness (QED) is 0.783. The number of hydrogen-bond acceptors (Lipinski definition) is 1. The Kier molecular flexibility index (Phi) is 3.74. The maximum atomic E-state index is 12.3. The van der Waals surface area contributed by atoms with Gasteiger partial charge in [-0.1, -0.05) is 47.7 Å². The van der Waals surface area contributed by atoms with E-state index in [4.69, 9.17) is 0 Å². The van der Waals surface area contributed by atoms with Crippen LogP contribution in [0.15, 0.2) is 28.9 Å². The van der Waals surface area contributed by atoms with Crippen LogP contribution in [0.2, 0.25) is 0 Å². The van der Waals surface area contributed by atoms with Crippen molar-refractivity contribution in [3.63, 3.8) is 0 Å². The SMILES string of the molecule is O=C(CCC1CCCC1)c1c[nH]c2cc(Br)ccc12. The number of fused-ring (bicyclic) bond motifs is 1. The van der Waals surface area contributed by atoms with Crippen LogP contribution in [-0.4, -0.2) is 10.8 Å². The zero-order valence-electron chi connectivity index (χ0n) is 10.9. The van der Waals surface area contributed by atoms with E-state index in [2.05, 4.69) is 20.9 Å². The van der Waals surface area contributed by atoms with Crippen molar-refractivity contribution >= 4 is 32.6 Å². The van der Waals surface area contributed by atoms with Crippen LogP contribution in [0, 0.1) is 5.92 Å². The lowest BCUT2D eigenvalue weighted by molar-refractivity contribution is 0.0975. The topological polar surface area (TPSA) is 32.9 Å². The van der Waals surface area contributed by atoms with Gasteiger partial charge in [0.2, 0.25) is 0 Å². The molecular weight excluding hydrogens is 302 g/mol. The Balaban J connectivity index is 1.74. The van der Waals surface area contributed by atoms with Gasteiger partial charge >= 0.3 is 0 Å². The zero-order valence-corrected chi connectivity index (χ0v) is 12.5. The predicted octanol–water partition coefficient (Wildman–Crippen LogP) is 5.08. The second-order valence-electron chi connectivity index (χ2n) is 5.50. The van der Waals surface area contributed by atoms with Gasteiger partial charge in [0.05, 0.1) is 0 Å². The van der Waals surface area contributed by atoms with Crippen molar-refractivity contribution in [1.82, 2.24) is 4.98 Å². The Bertz CT molecular complexity index is 596. The average Bonchev–Trinajstić information content (AvgIpc) is 3.04. The minimum atomic E-state index is 0.278. The van der Waals surface area contributed by atoms with E-state index in [9.17, 15) is 4.79 Å². The number of carbonyl (C=O) groups is 1. The number of halogens is 1. The molecule has 0 saturated heterocycles. The second-order valence-corrected chi connectivity index (χ2v) is 6.42. The number of H-pyrrole nitrogens is 1. The Hall–Kier alpha value is -1.09. The molecule has 19 heavy (non-hydrogen) atoms. The van der Waals surface area contributed by atoms with Crippen molar-refractivity contribution in [3.05, 3.63) is 34.4 Å². The van der Waals surface area contributed by atoms with Crippen LogP contribution in [0.5, 0.6) is 0 Å². The van der Waals surface area contributed by atoms with Crippen LogP contribution in [0.3, 0.4) is 0 Å². The number of hydrogen-bond donors (Lipinski definition) is 1. The third-order valence-electron chi connectivity index (χ3n) is 4.20. The van der Waals surface area contributed by atoms with E-state index < -0.39 is 0 Å². The number of nitrogens with one attached hydrogen (secondary N) is 1. The molecule has 0 spiro atoms. The van der Waals surface area contributed by atoms with Crippen LogP contribution in [-0.2, 0) is 0 Å². The van der Waals surface area contributed by atoms with Gasteiger partial charge in [-0.25, -0.2) is 0 Å². The summed E-state index contributed by atoms with van der Waals surface area (Å²) in [6.45, 7) is 0. The number of rotatable bonds is 4. The van der Waals surface area contributed by atoms with Crippen LogP contribution in [0.1, 0.15) is 48.9 Å². The zero-order chi connectivity index (χ0) is 13.2. The molecule has 1 aromatic carbocycles. The highest BCUT2D eigenvalue weighted by Gasteiger charge is 2.18. The van der Waals surface area contributed by atoms with E-state index in [-0.39, 0.29) is 5.78 Å². The summed E-state index contributed by atoms with van der Waals surface area (Å²) in [5, 5.41) is 1.04. The van der Waals surface area contributed by atoms with Gasteiger partial charge in [-0.05, 0) is 24.5 Å². The maximum Gasteiger partial charge on any atom is 0.165 e. The van der Waals surface area contributed by atoms with Gasteiger partial charge < -0.3 is 4.98 Å². The van der Waals surface area contributed by atoms with E-state index >= 15 is 0 Å². The van der Waals surface area contributed by atoms with Crippen molar-refractivity contribution < 1.29 is 4.79 Å². The number of carbonyl (C=O) groups excluding carboxylic acids is 1. The summed E-state index contributed by atoms with van der Waals surface area (Å²) >= 11 is 3.45. The fraction of sp³-hybridized carbons (Fsp3) is 0.438. The highest BCUT2D eigenvalue weighted by atomic mass is 79.9. The first-order chi connectivity index (χ1) is 9.24. The fourth-order valence-corrected chi connectivity index (χ4v) is 3.46. The third-order valence-corrected chi connectivity index (χ3v) is 4.69. The van der Waals surface area contributed by atoms with Crippen LogP contribution < -0.4 is 0 Å². The molecule has 1 aromatic heterocycles. The molecule has 1 saturated carbocycles. The molecule has 0 atom stereocenters. The number of Topliss-reactive ketones (excluding diaryl/α,β-unsaturated/α-hetero) is 1. The van der Waals surface area contributed by atoms with Crippen molar-refractivity contribution in [2.45, 2.75) is 38.5 Å². The number of benzene rings is 1. The molecule has 3 rings (SSSR count). The van der Waals surface area contributed by atoms with Crippen LogP contribution >= 0.6 is 15.9 Å². The highest BCUT2D eigenvalue weighted by Crippen LogP contribution is 2.30. The summed E-state index contributed by atoms with van der Waals surface area (Å²) in [7, 11) is 0. The lowest BCUT2D eigenvalue weighted by Gasteiger charge is -2.07. The van der Waals surface area contributed by atoms with Crippen molar-refractivity contribution in [2.24, 2.45) is 5.92 Å². The average molecular weight is 320 g/mol. The predicted molar refractivity (Wildman–Crippen MR) is 81.5 cm³/mol. The molecule has 3 heteroatoms. The third kappa shape index (κ3) is 2.76. The molecule has 0 bridgehead atoms. The Labute approximate surface area is 121 Å². The smallest absolute Gasteiger partial charge is 0.165 e. The molecule has 0 radical (unpaired) electrons. The van der Waals surface area contributed by atoms with Gasteiger partial charge in [0, 0.05) is 33.6 Å². The summed E-state index contributed by atoms with van der Waals surface area (Å²) < 4.78 is 1.03. The van der Waals surface area contributed by atoms with E-state index in [0.29, 0.717) is 6.42 Å².